The summed E-state index contributed by atoms with van der Waals surface area (Å²) in [6.45, 7) is 12.3. The number of aliphatic imine (C=N–C) groups is 1. The van der Waals surface area contributed by atoms with Crippen LogP contribution >= 0.6 is 0 Å². The third kappa shape index (κ3) is 4.22. The smallest absolute Gasteiger partial charge is 0.0378 e. The molecule has 94 valence electrons. The van der Waals surface area contributed by atoms with E-state index in [1.807, 2.05) is 13.1 Å². The molecule has 0 bridgehead atoms. The minimum Gasteiger partial charge on any atom is -0.371 e. The van der Waals surface area contributed by atoms with Crippen LogP contribution in [0, 0.1) is 0 Å². The highest BCUT2D eigenvalue weighted by Crippen LogP contribution is 2.18. The molecule has 1 rings (SSSR count). The molecule has 0 radical (unpaired) electrons. The molecule has 0 aromatic heterocycles. The van der Waals surface area contributed by atoms with Gasteiger partial charge in [-0.15, -0.1) is 0 Å². The maximum Gasteiger partial charge on any atom is 0.0378 e. The molecule has 2 nitrogen and oxygen atoms in total. The summed E-state index contributed by atoms with van der Waals surface area (Å²) in [7, 11) is 1.85. The molecule has 0 spiro atoms. The van der Waals surface area contributed by atoms with Crippen molar-refractivity contribution in [3.63, 3.8) is 0 Å². The molecular weight excluding hydrogens is 208 g/mol. The Kier molecular flexibility index (Phi) is 5.75. The Morgan fingerprint density at radius 3 is 2.76 bits per heavy atom. The predicted molar refractivity (Wildman–Crippen MR) is 76.5 cm³/mol. The fourth-order valence-corrected chi connectivity index (χ4v) is 2.08. The van der Waals surface area contributed by atoms with Crippen LogP contribution in [0.3, 0.4) is 0 Å². The van der Waals surface area contributed by atoms with Gasteiger partial charge in [-0.2, -0.15) is 0 Å². The van der Waals surface area contributed by atoms with Crippen molar-refractivity contribution in [3.8, 4) is 0 Å². The summed E-state index contributed by atoms with van der Waals surface area (Å²) < 4.78 is 0. The summed E-state index contributed by atoms with van der Waals surface area (Å²) in [5.41, 5.74) is 3.70. The first-order chi connectivity index (χ1) is 8.21. The van der Waals surface area contributed by atoms with Gasteiger partial charge in [0.05, 0.1) is 0 Å². The van der Waals surface area contributed by atoms with Crippen molar-refractivity contribution in [3.05, 3.63) is 36.6 Å². The van der Waals surface area contributed by atoms with Crippen molar-refractivity contribution in [2.75, 3.05) is 20.1 Å². The first kappa shape index (κ1) is 13.8. The standard InChI is InChI=1S/C15H24N2/c1-5-14(16-4)12-15(6-2)17-10-7-8-13(3)9-11-17/h6,12H,2-3,5,7-11H2,1,4H3/b15-12+,16-14?. The normalized spacial score (nSPS) is 19.2. The van der Waals surface area contributed by atoms with Gasteiger partial charge in [-0.05, 0) is 37.8 Å². The fourth-order valence-electron chi connectivity index (χ4n) is 2.08. The third-order valence-electron chi connectivity index (χ3n) is 3.23. The fraction of sp³-hybridized carbons (Fsp3) is 0.533. The zero-order valence-corrected chi connectivity index (χ0v) is 11.2. The number of rotatable bonds is 4. The van der Waals surface area contributed by atoms with Crippen LogP contribution < -0.4 is 0 Å². The molecule has 0 aromatic rings. The molecule has 0 atom stereocenters. The lowest BCUT2D eigenvalue weighted by molar-refractivity contribution is 0.372. The van der Waals surface area contributed by atoms with Crippen LogP contribution in [0.15, 0.2) is 41.6 Å². The van der Waals surface area contributed by atoms with E-state index in [1.54, 1.807) is 0 Å². The average molecular weight is 232 g/mol. The highest BCUT2D eigenvalue weighted by molar-refractivity contribution is 5.95. The minimum absolute atomic E-state index is 0.967. The van der Waals surface area contributed by atoms with Crippen molar-refractivity contribution >= 4 is 5.71 Å². The maximum atomic E-state index is 4.28. The topological polar surface area (TPSA) is 15.6 Å². The van der Waals surface area contributed by atoms with E-state index in [1.165, 1.54) is 17.7 Å². The Balaban J connectivity index is 2.79. The number of likely N-dealkylation sites (tertiary alicyclic amines) is 1. The van der Waals surface area contributed by atoms with Crippen molar-refractivity contribution < 1.29 is 0 Å². The predicted octanol–water partition coefficient (Wildman–Crippen LogP) is 3.58. The van der Waals surface area contributed by atoms with Gasteiger partial charge in [-0.25, -0.2) is 0 Å². The van der Waals surface area contributed by atoms with E-state index in [0.717, 1.165) is 38.1 Å². The van der Waals surface area contributed by atoms with Gasteiger partial charge >= 0.3 is 0 Å². The molecule has 0 saturated carbocycles. The van der Waals surface area contributed by atoms with E-state index >= 15 is 0 Å². The quantitative estimate of drug-likeness (QED) is 0.411. The van der Waals surface area contributed by atoms with Gasteiger partial charge in [-0.1, -0.05) is 25.7 Å². The lowest BCUT2D eigenvalue weighted by Gasteiger charge is -2.23. The molecule has 0 aromatic carbocycles. The van der Waals surface area contributed by atoms with Crippen LogP contribution in [0.4, 0.5) is 0 Å². The summed E-state index contributed by atoms with van der Waals surface area (Å²) in [4.78, 5) is 6.67. The number of nitrogens with zero attached hydrogens (tertiary/aromatic N) is 2. The van der Waals surface area contributed by atoms with Crippen molar-refractivity contribution in [1.82, 2.24) is 4.90 Å². The zero-order valence-electron chi connectivity index (χ0n) is 11.2. The van der Waals surface area contributed by atoms with Crippen LogP contribution in [-0.4, -0.2) is 30.7 Å². The van der Waals surface area contributed by atoms with Crippen LogP contribution in [0.1, 0.15) is 32.6 Å². The molecule has 0 amide bonds. The number of hydrogen-bond donors (Lipinski definition) is 0. The Morgan fingerprint density at radius 1 is 1.41 bits per heavy atom. The Bertz CT molecular complexity index is 337. The van der Waals surface area contributed by atoms with E-state index in [0.29, 0.717) is 0 Å². The van der Waals surface area contributed by atoms with Crippen molar-refractivity contribution in [1.29, 1.82) is 0 Å². The van der Waals surface area contributed by atoms with Gasteiger partial charge in [0.25, 0.3) is 0 Å². The van der Waals surface area contributed by atoms with E-state index in [-0.39, 0.29) is 0 Å². The molecule has 2 heteroatoms. The molecular formula is C15H24N2. The highest BCUT2D eigenvalue weighted by atomic mass is 15.1. The Labute approximate surface area is 105 Å². The number of allylic oxidation sites excluding steroid dienone is 2. The van der Waals surface area contributed by atoms with Crippen LogP contribution in [0.25, 0.3) is 0 Å². The molecule has 1 heterocycles. The number of hydrogen-bond acceptors (Lipinski definition) is 2. The first-order valence-electron chi connectivity index (χ1n) is 6.42. The van der Waals surface area contributed by atoms with Crippen LogP contribution in [-0.2, 0) is 0 Å². The lowest BCUT2D eigenvalue weighted by atomic mass is 10.1. The second-order valence-corrected chi connectivity index (χ2v) is 4.43. The Morgan fingerprint density at radius 2 is 2.18 bits per heavy atom. The lowest BCUT2D eigenvalue weighted by Crippen LogP contribution is -2.23. The summed E-state index contributed by atoms with van der Waals surface area (Å²) in [6, 6.07) is 0. The molecule has 0 aliphatic carbocycles. The molecule has 1 aliphatic rings. The second kappa shape index (κ2) is 7.10. The van der Waals surface area contributed by atoms with Gasteiger partial charge in [0, 0.05) is 31.5 Å². The van der Waals surface area contributed by atoms with Gasteiger partial charge in [0.2, 0.25) is 0 Å². The minimum atomic E-state index is 0.967. The third-order valence-corrected chi connectivity index (χ3v) is 3.23. The van der Waals surface area contributed by atoms with Crippen molar-refractivity contribution in [2.24, 2.45) is 4.99 Å². The SMILES string of the molecule is C=C/C(=C\C(CC)=NC)N1CCCC(=C)CC1. The van der Waals surface area contributed by atoms with Crippen LogP contribution in [0.5, 0.6) is 0 Å². The van der Waals surface area contributed by atoms with Gasteiger partial charge in [0.15, 0.2) is 0 Å². The first-order valence-corrected chi connectivity index (χ1v) is 6.42. The zero-order chi connectivity index (χ0) is 12.7. The van der Waals surface area contributed by atoms with Crippen molar-refractivity contribution in [2.45, 2.75) is 32.6 Å². The largest absolute Gasteiger partial charge is 0.371 e. The van der Waals surface area contributed by atoms with Gasteiger partial charge in [0.1, 0.15) is 0 Å². The molecule has 17 heavy (non-hydrogen) atoms. The van der Waals surface area contributed by atoms with Crippen LogP contribution in [0.2, 0.25) is 0 Å². The van der Waals surface area contributed by atoms with E-state index < -0.39 is 0 Å². The second-order valence-electron chi connectivity index (χ2n) is 4.43. The summed E-state index contributed by atoms with van der Waals surface area (Å²) >= 11 is 0. The molecule has 1 aliphatic heterocycles. The summed E-state index contributed by atoms with van der Waals surface area (Å²) in [6.07, 6.45) is 8.50. The summed E-state index contributed by atoms with van der Waals surface area (Å²) in [5, 5.41) is 0. The Hall–Kier alpha value is -1.31. The molecule has 1 saturated heterocycles. The molecule has 0 N–H and O–H groups in total. The van der Waals surface area contributed by atoms with E-state index in [4.69, 9.17) is 0 Å². The monoisotopic (exact) mass is 232 g/mol. The summed E-state index contributed by atoms with van der Waals surface area (Å²) in [5.74, 6) is 0. The van der Waals surface area contributed by atoms with Gasteiger partial charge < -0.3 is 4.90 Å². The van der Waals surface area contributed by atoms with E-state index in [2.05, 4.69) is 36.0 Å². The highest BCUT2D eigenvalue weighted by Gasteiger charge is 2.12. The maximum absolute atomic E-state index is 4.28. The van der Waals surface area contributed by atoms with E-state index in [9.17, 15) is 0 Å². The average Bonchev–Trinajstić information content (AvgIpc) is 2.56. The van der Waals surface area contributed by atoms with Gasteiger partial charge in [-0.3, -0.25) is 4.99 Å². The molecule has 1 fully saturated rings. The molecule has 0 unspecified atom stereocenters.